The van der Waals surface area contributed by atoms with Gasteiger partial charge in [-0.15, -0.1) is 0 Å². The quantitative estimate of drug-likeness (QED) is 0.614. The summed E-state index contributed by atoms with van der Waals surface area (Å²) in [5, 5.41) is 0. The fraction of sp³-hybridized carbons (Fsp3) is 0.208. The van der Waals surface area contributed by atoms with Crippen molar-refractivity contribution < 1.29 is 13.2 Å². The summed E-state index contributed by atoms with van der Waals surface area (Å²) in [5.41, 5.74) is 2.29. The second-order valence-electron chi connectivity index (χ2n) is 7.65. The van der Waals surface area contributed by atoms with Gasteiger partial charge < -0.3 is 9.80 Å². The topological polar surface area (TPSA) is 60.9 Å². The van der Waals surface area contributed by atoms with Gasteiger partial charge in [0.05, 0.1) is 4.90 Å². The normalized spacial score (nSPS) is 17.0. The summed E-state index contributed by atoms with van der Waals surface area (Å²) in [6.45, 7) is 0.551. The molecule has 1 aliphatic heterocycles. The van der Waals surface area contributed by atoms with Crippen molar-refractivity contribution in [3.63, 3.8) is 0 Å². The molecule has 160 valence electrons. The Morgan fingerprint density at radius 3 is 2.00 bits per heavy atom. The van der Waals surface area contributed by atoms with Crippen LogP contribution in [0.25, 0.3) is 0 Å². The van der Waals surface area contributed by atoms with E-state index in [0.717, 1.165) is 11.3 Å². The lowest BCUT2D eigenvalue weighted by molar-refractivity contribution is 0.0693. The van der Waals surface area contributed by atoms with Gasteiger partial charge in [-0.25, -0.2) is 8.42 Å². The molecular weight excluding hydrogens is 410 g/mol. The molecular formula is C24H25N3O3S. The maximum Gasteiger partial charge on any atom is 0.255 e. The summed E-state index contributed by atoms with van der Waals surface area (Å²) in [6, 6.07) is 25.0. The lowest BCUT2D eigenvalue weighted by atomic mass is 10.1. The lowest BCUT2D eigenvalue weighted by Gasteiger charge is -2.30. The number of sulfonamides is 1. The third-order valence-corrected chi connectivity index (χ3v) is 7.34. The predicted molar refractivity (Wildman–Crippen MR) is 121 cm³/mol. The number of anilines is 1. The van der Waals surface area contributed by atoms with Crippen LogP contribution in [-0.2, 0) is 10.0 Å². The summed E-state index contributed by atoms with van der Waals surface area (Å²) >= 11 is 0. The molecule has 0 saturated carbocycles. The van der Waals surface area contributed by atoms with Crippen LogP contribution in [0.3, 0.4) is 0 Å². The van der Waals surface area contributed by atoms with E-state index in [0.29, 0.717) is 12.1 Å². The maximum absolute atomic E-state index is 13.5. The van der Waals surface area contributed by atoms with Crippen molar-refractivity contribution in [2.75, 3.05) is 32.1 Å². The first-order valence-corrected chi connectivity index (χ1v) is 11.5. The van der Waals surface area contributed by atoms with Gasteiger partial charge in [-0.1, -0.05) is 48.5 Å². The highest BCUT2D eigenvalue weighted by atomic mass is 32.2. The minimum atomic E-state index is -3.78. The van der Waals surface area contributed by atoms with Gasteiger partial charge in [-0.2, -0.15) is 4.31 Å². The van der Waals surface area contributed by atoms with Gasteiger partial charge >= 0.3 is 0 Å². The third kappa shape index (κ3) is 4.06. The molecule has 3 aromatic rings. The Labute approximate surface area is 183 Å². The monoisotopic (exact) mass is 435 g/mol. The average molecular weight is 436 g/mol. The molecule has 3 aromatic carbocycles. The molecule has 0 bridgehead atoms. The number of rotatable bonds is 5. The smallest absolute Gasteiger partial charge is 0.255 e. The van der Waals surface area contributed by atoms with Crippen molar-refractivity contribution in [2.24, 2.45) is 0 Å². The van der Waals surface area contributed by atoms with Crippen LogP contribution in [0, 0.1) is 0 Å². The predicted octanol–water partition coefficient (Wildman–Crippen LogP) is 3.60. The van der Waals surface area contributed by atoms with Gasteiger partial charge in [-0.3, -0.25) is 4.79 Å². The van der Waals surface area contributed by atoms with Crippen molar-refractivity contribution >= 4 is 21.6 Å². The van der Waals surface area contributed by atoms with Gasteiger partial charge in [-0.05, 0) is 42.0 Å². The third-order valence-electron chi connectivity index (χ3n) is 5.47. The first-order chi connectivity index (χ1) is 14.9. The Morgan fingerprint density at radius 1 is 0.839 bits per heavy atom. The highest BCUT2D eigenvalue weighted by Crippen LogP contribution is 2.36. The molecule has 0 unspecified atom stereocenters. The Bertz CT molecular complexity index is 1150. The van der Waals surface area contributed by atoms with E-state index < -0.39 is 16.2 Å². The summed E-state index contributed by atoms with van der Waals surface area (Å²) in [6.07, 6.45) is -0.714. The molecule has 0 aromatic heterocycles. The molecule has 1 aliphatic rings. The number of hydrogen-bond acceptors (Lipinski definition) is 4. The van der Waals surface area contributed by atoms with E-state index in [4.69, 9.17) is 0 Å². The van der Waals surface area contributed by atoms with Crippen LogP contribution in [0.5, 0.6) is 0 Å². The van der Waals surface area contributed by atoms with E-state index in [1.807, 2.05) is 61.5 Å². The van der Waals surface area contributed by atoms with Gasteiger partial charge in [0.15, 0.2) is 0 Å². The molecule has 1 amide bonds. The van der Waals surface area contributed by atoms with Crippen molar-refractivity contribution in [1.82, 2.24) is 9.21 Å². The molecule has 6 nitrogen and oxygen atoms in total. The zero-order valence-corrected chi connectivity index (χ0v) is 18.4. The molecule has 1 fully saturated rings. The van der Waals surface area contributed by atoms with Crippen LogP contribution in [-0.4, -0.2) is 50.7 Å². The van der Waals surface area contributed by atoms with Gasteiger partial charge in [0.1, 0.15) is 6.17 Å². The zero-order chi connectivity index (χ0) is 22.0. The Kier molecular flexibility index (Phi) is 5.80. The average Bonchev–Trinajstić information content (AvgIpc) is 3.26. The highest BCUT2D eigenvalue weighted by Gasteiger charge is 2.43. The molecule has 1 heterocycles. The van der Waals surface area contributed by atoms with Crippen LogP contribution in [0.2, 0.25) is 0 Å². The lowest BCUT2D eigenvalue weighted by Crippen LogP contribution is -2.38. The Morgan fingerprint density at radius 2 is 1.42 bits per heavy atom. The first kappa shape index (κ1) is 21.1. The van der Waals surface area contributed by atoms with Gasteiger partial charge in [0.25, 0.3) is 5.91 Å². The standard InChI is InChI=1S/C24H25N3O3S/c1-25(2)21-15-13-19(14-16-21)23-26(24(28)20-9-5-3-6-10-20)17-18-27(23)31(29,30)22-11-7-4-8-12-22/h3-16,23H,17-18H2,1-2H3/t23-/m1/s1. The largest absolute Gasteiger partial charge is 0.378 e. The van der Waals surface area contributed by atoms with E-state index in [2.05, 4.69) is 0 Å². The van der Waals surface area contributed by atoms with Gasteiger partial charge in [0.2, 0.25) is 10.0 Å². The maximum atomic E-state index is 13.5. The molecule has 1 saturated heterocycles. The van der Waals surface area contributed by atoms with E-state index in [9.17, 15) is 13.2 Å². The van der Waals surface area contributed by atoms with Gasteiger partial charge in [0, 0.05) is 38.4 Å². The molecule has 0 aliphatic carbocycles. The van der Waals surface area contributed by atoms with Crippen LogP contribution in [0.15, 0.2) is 89.8 Å². The molecule has 0 N–H and O–H groups in total. The molecule has 31 heavy (non-hydrogen) atoms. The highest BCUT2D eigenvalue weighted by molar-refractivity contribution is 7.89. The van der Waals surface area contributed by atoms with Crippen LogP contribution >= 0.6 is 0 Å². The second kappa shape index (κ2) is 8.53. The summed E-state index contributed by atoms with van der Waals surface area (Å²) in [5.74, 6) is -0.187. The summed E-state index contributed by atoms with van der Waals surface area (Å²) in [4.78, 5) is 17.1. The molecule has 1 atom stereocenters. The number of carbonyl (C=O) groups excluding carboxylic acids is 1. The molecule has 7 heteroatoms. The minimum Gasteiger partial charge on any atom is -0.378 e. The number of nitrogens with zero attached hydrogens (tertiary/aromatic N) is 3. The fourth-order valence-corrected chi connectivity index (χ4v) is 5.43. The van der Waals surface area contributed by atoms with E-state index >= 15 is 0 Å². The molecule has 4 rings (SSSR count). The number of benzene rings is 3. The summed E-state index contributed by atoms with van der Waals surface area (Å²) in [7, 11) is 0.111. The second-order valence-corrected chi connectivity index (χ2v) is 9.54. The Hall–Kier alpha value is -3.16. The molecule has 0 spiro atoms. The van der Waals surface area contributed by atoms with E-state index in [1.165, 1.54) is 4.31 Å². The summed E-state index contributed by atoms with van der Waals surface area (Å²) < 4.78 is 28.4. The Balaban J connectivity index is 1.77. The number of amides is 1. The van der Waals surface area contributed by atoms with E-state index in [-0.39, 0.29) is 17.3 Å². The minimum absolute atomic E-state index is 0.187. The van der Waals surface area contributed by atoms with Crippen molar-refractivity contribution in [3.05, 3.63) is 96.1 Å². The van der Waals surface area contributed by atoms with Crippen molar-refractivity contribution in [3.8, 4) is 0 Å². The van der Waals surface area contributed by atoms with Crippen LogP contribution < -0.4 is 4.90 Å². The van der Waals surface area contributed by atoms with E-state index in [1.54, 1.807) is 47.4 Å². The van der Waals surface area contributed by atoms with Crippen molar-refractivity contribution in [1.29, 1.82) is 0 Å². The van der Waals surface area contributed by atoms with Crippen LogP contribution in [0.1, 0.15) is 22.1 Å². The number of carbonyl (C=O) groups is 1. The molecule has 0 radical (unpaired) electrons. The first-order valence-electron chi connectivity index (χ1n) is 10.1. The van der Waals surface area contributed by atoms with Crippen LogP contribution in [0.4, 0.5) is 5.69 Å². The number of hydrogen-bond donors (Lipinski definition) is 0. The SMILES string of the molecule is CN(C)c1ccc([C@@H]2N(C(=O)c3ccccc3)CCN2S(=O)(=O)c2ccccc2)cc1. The fourth-order valence-electron chi connectivity index (χ4n) is 3.84. The zero-order valence-electron chi connectivity index (χ0n) is 17.5. The van der Waals surface area contributed by atoms with Crippen molar-refractivity contribution in [2.45, 2.75) is 11.1 Å².